The van der Waals surface area contributed by atoms with E-state index in [0.29, 0.717) is 17.7 Å². The molecule has 27 heavy (non-hydrogen) atoms. The third-order valence-electron chi connectivity index (χ3n) is 4.56. The molecule has 0 aliphatic carbocycles. The van der Waals surface area contributed by atoms with E-state index in [0.717, 1.165) is 9.98 Å². The molecule has 0 bridgehead atoms. The largest absolute Gasteiger partial charge is 0.508 e. The van der Waals surface area contributed by atoms with Crippen molar-refractivity contribution in [3.05, 3.63) is 96.1 Å². The minimum absolute atomic E-state index is 0.0558. The molecule has 0 radical (unpaired) electrons. The molecule has 0 spiro atoms. The van der Waals surface area contributed by atoms with Gasteiger partial charge in [-0.3, -0.25) is 0 Å². The first-order valence-electron chi connectivity index (χ1n) is 8.57. The fourth-order valence-electron chi connectivity index (χ4n) is 3.22. The van der Waals surface area contributed by atoms with Crippen LogP contribution in [-0.4, -0.2) is 23.7 Å². The second-order valence-corrected chi connectivity index (χ2v) is 8.08. The molecule has 0 amide bonds. The Balaban J connectivity index is 1.83. The Hall–Kier alpha value is -3.12. The summed E-state index contributed by atoms with van der Waals surface area (Å²) in [5.74, 6) is 0.0558. The van der Waals surface area contributed by atoms with Crippen LogP contribution in [0.2, 0.25) is 0 Å². The Morgan fingerprint density at radius 2 is 1.44 bits per heavy atom. The zero-order valence-corrected chi connectivity index (χ0v) is 15.3. The highest BCUT2D eigenvalue weighted by Gasteiger charge is 2.38. The maximum absolute atomic E-state index is 13.2. The maximum Gasteiger partial charge on any atom is 0.279 e. The average Bonchev–Trinajstić information content (AvgIpc) is 3.16. The number of para-hydroxylation sites is 1. The Kier molecular flexibility index (Phi) is 4.41. The number of sulfonamides is 1. The van der Waals surface area contributed by atoms with Crippen molar-refractivity contribution in [2.75, 3.05) is 0 Å². The van der Waals surface area contributed by atoms with Gasteiger partial charge >= 0.3 is 0 Å². The van der Waals surface area contributed by atoms with E-state index < -0.39 is 16.1 Å². The maximum atomic E-state index is 13.2. The SMILES string of the molecule is O=S(=O)(c1ccccc1)N1N=C(c2ccccc2)C[C@@H]1c1ccccc1O. The molecule has 0 saturated heterocycles. The number of benzene rings is 3. The highest BCUT2D eigenvalue weighted by atomic mass is 32.2. The number of nitrogens with zero attached hydrogens (tertiary/aromatic N) is 2. The van der Waals surface area contributed by atoms with Crippen LogP contribution in [0.4, 0.5) is 0 Å². The second-order valence-electron chi connectivity index (χ2n) is 6.28. The van der Waals surface area contributed by atoms with E-state index in [1.165, 1.54) is 0 Å². The molecule has 1 heterocycles. The van der Waals surface area contributed by atoms with Gasteiger partial charge in [0.15, 0.2) is 0 Å². The lowest BCUT2D eigenvalue weighted by atomic mass is 9.98. The molecule has 0 aromatic heterocycles. The topological polar surface area (TPSA) is 70.0 Å². The average molecular weight is 378 g/mol. The highest BCUT2D eigenvalue weighted by Crippen LogP contribution is 2.40. The summed E-state index contributed by atoms with van der Waals surface area (Å²) in [4.78, 5) is 0.170. The number of hydrogen-bond donors (Lipinski definition) is 1. The molecule has 1 aliphatic heterocycles. The molecule has 136 valence electrons. The third-order valence-corrected chi connectivity index (χ3v) is 6.26. The van der Waals surface area contributed by atoms with E-state index in [-0.39, 0.29) is 10.6 Å². The van der Waals surface area contributed by atoms with Crippen molar-refractivity contribution in [3.8, 4) is 5.75 Å². The molecular formula is C21H18N2O3S. The molecule has 3 aromatic rings. The van der Waals surface area contributed by atoms with Crippen LogP contribution in [0.5, 0.6) is 5.75 Å². The van der Waals surface area contributed by atoms with Gasteiger partial charge in [-0.25, -0.2) is 0 Å². The minimum atomic E-state index is -3.86. The van der Waals surface area contributed by atoms with Crippen LogP contribution in [-0.2, 0) is 10.0 Å². The summed E-state index contributed by atoms with van der Waals surface area (Å²) in [6, 6.07) is 23.9. The van der Waals surface area contributed by atoms with Crippen molar-refractivity contribution in [2.45, 2.75) is 17.4 Å². The lowest BCUT2D eigenvalue weighted by molar-refractivity contribution is 0.358. The summed E-state index contributed by atoms with van der Waals surface area (Å²) in [5, 5.41) is 14.8. The second kappa shape index (κ2) is 6.89. The molecule has 0 unspecified atom stereocenters. The van der Waals surface area contributed by atoms with Gasteiger partial charge in [0.2, 0.25) is 0 Å². The van der Waals surface area contributed by atoms with Gasteiger partial charge in [-0.2, -0.15) is 17.9 Å². The molecule has 0 saturated carbocycles. The molecule has 6 heteroatoms. The number of phenolic OH excluding ortho intramolecular Hbond substituents is 1. The smallest absolute Gasteiger partial charge is 0.279 e. The van der Waals surface area contributed by atoms with E-state index in [4.69, 9.17) is 0 Å². The Labute approximate surface area is 158 Å². The van der Waals surface area contributed by atoms with Crippen LogP contribution in [0.25, 0.3) is 0 Å². The van der Waals surface area contributed by atoms with Gasteiger partial charge in [0.05, 0.1) is 16.6 Å². The fourth-order valence-corrected chi connectivity index (χ4v) is 4.66. The fraction of sp³-hybridized carbons (Fsp3) is 0.0952. The zero-order chi connectivity index (χ0) is 18.9. The van der Waals surface area contributed by atoms with Crippen molar-refractivity contribution < 1.29 is 13.5 Å². The molecule has 4 rings (SSSR count). The predicted octanol–water partition coefficient (Wildman–Crippen LogP) is 3.93. The molecule has 1 N–H and O–H groups in total. The first kappa shape index (κ1) is 17.3. The highest BCUT2D eigenvalue weighted by molar-refractivity contribution is 7.89. The number of aromatic hydroxyl groups is 1. The number of rotatable bonds is 4. The molecular weight excluding hydrogens is 360 g/mol. The van der Waals surface area contributed by atoms with Crippen LogP contribution in [0, 0.1) is 0 Å². The third kappa shape index (κ3) is 3.19. The van der Waals surface area contributed by atoms with Crippen molar-refractivity contribution in [1.29, 1.82) is 0 Å². The summed E-state index contributed by atoms with van der Waals surface area (Å²) >= 11 is 0. The summed E-state index contributed by atoms with van der Waals surface area (Å²) in [6.45, 7) is 0. The van der Waals surface area contributed by atoms with Gasteiger partial charge in [0.1, 0.15) is 5.75 Å². The Morgan fingerprint density at radius 1 is 0.852 bits per heavy atom. The minimum Gasteiger partial charge on any atom is -0.508 e. The van der Waals surface area contributed by atoms with Crippen molar-refractivity contribution in [3.63, 3.8) is 0 Å². The van der Waals surface area contributed by atoms with E-state index in [1.807, 2.05) is 30.3 Å². The van der Waals surface area contributed by atoms with Crippen LogP contribution in [0.3, 0.4) is 0 Å². The van der Waals surface area contributed by atoms with Gasteiger partial charge in [-0.15, -0.1) is 0 Å². The summed E-state index contributed by atoms with van der Waals surface area (Å²) in [7, 11) is -3.86. The predicted molar refractivity (Wildman–Crippen MR) is 104 cm³/mol. The summed E-state index contributed by atoms with van der Waals surface area (Å²) < 4.78 is 27.6. The molecule has 5 nitrogen and oxygen atoms in total. The lowest BCUT2D eigenvalue weighted by Crippen LogP contribution is -2.27. The molecule has 3 aromatic carbocycles. The standard InChI is InChI=1S/C21H18N2O3S/c24-21-14-8-7-13-18(21)20-15-19(16-9-3-1-4-10-16)22-23(20)27(25,26)17-11-5-2-6-12-17/h1-14,20,24H,15H2/t20-/m1/s1. The van der Waals surface area contributed by atoms with Crippen LogP contribution >= 0.6 is 0 Å². The van der Waals surface area contributed by atoms with Gasteiger partial charge < -0.3 is 5.11 Å². The van der Waals surface area contributed by atoms with Crippen molar-refractivity contribution in [1.82, 2.24) is 4.41 Å². The van der Waals surface area contributed by atoms with E-state index in [9.17, 15) is 13.5 Å². The van der Waals surface area contributed by atoms with Crippen LogP contribution in [0.15, 0.2) is 94.9 Å². The summed E-state index contributed by atoms with van der Waals surface area (Å²) in [6.07, 6.45) is 0.383. The molecule has 1 aliphatic rings. The van der Waals surface area contributed by atoms with Gasteiger partial charge in [-0.05, 0) is 23.8 Å². The first-order chi connectivity index (χ1) is 13.1. The molecule has 1 atom stereocenters. The lowest BCUT2D eigenvalue weighted by Gasteiger charge is -2.24. The zero-order valence-electron chi connectivity index (χ0n) is 14.4. The monoisotopic (exact) mass is 378 g/mol. The van der Waals surface area contributed by atoms with Gasteiger partial charge in [0, 0.05) is 12.0 Å². The quantitative estimate of drug-likeness (QED) is 0.748. The van der Waals surface area contributed by atoms with Crippen LogP contribution < -0.4 is 0 Å². The van der Waals surface area contributed by atoms with E-state index in [2.05, 4.69) is 5.10 Å². The normalized spacial score (nSPS) is 17.0. The van der Waals surface area contributed by atoms with Crippen LogP contribution in [0.1, 0.15) is 23.6 Å². The Morgan fingerprint density at radius 3 is 2.11 bits per heavy atom. The number of phenols is 1. The van der Waals surface area contributed by atoms with E-state index >= 15 is 0 Å². The number of hydrogen-bond acceptors (Lipinski definition) is 4. The number of hydrazone groups is 1. The summed E-state index contributed by atoms with van der Waals surface area (Å²) in [5.41, 5.74) is 2.07. The Bertz CT molecular complexity index is 1080. The van der Waals surface area contributed by atoms with Gasteiger partial charge in [-0.1, -0.05) is 66.7 Å². The molecule has 0 fully saturated rings. The van der Waals surface area contributed by atoms with Crippen molar-refractivity contribution in [2.24, 2.45) is 5.10 Å². The first-order valence-corrected chi connectivity index (χ1v) is 10.0. The van der Waals surface area contributed by atoms with E-state index in [1.54, 1.807) is 54.6 Å². The van der Waals surface area contributed by atoms with Gasteiger partial charge in [0.25, 0.3) is 10.0 Å². The van der Waals surface area contributed by atoms with Crippen molar-refractivity contribution >= 4 is 15.7 Å².